The van der Waals surface area contributed by atoms with Gasteiger partial charge in [-0.15, -0.1) is 5.10 Å². The van der Waals surface area contributed by atoms with Crippen molar-refractivity contribution in [2.45, 2.75) is 18.6 Å². The molecule has 1 fully saturated rings. The van der Waals surface area contributed by atoms with Crippen molar-refractivity contribution in [3.63, 3.8) is 0 Å². The third kappa shape index (κ3) is 2.76. The summed E-state index contributed by atoms with van der Waals surface area (Å²) in [6.45, 7) is 0.224. The first kappa shape index (κ1) is 15.7. The number of hydrogen-bond acceptors (Lipinski definition) is 4. The number of aliphatic hydroxyl groups is 1. The van der Waals surface area contributed by atoms with Gasteiger partial charge in [-0.2, -0.15) is 0 Å². The summed E-state index contributed by atoms with van der Waals surface area (Å²) < 4.78 is 15.2. The van der Waals surface area contributed by atoms with Gasteiger partial charge in [-0.1, -0.05) is 17.3 Å². The summed E-state index contributed by atoms with van der Waals surface area (Å²) in [5, 5.41) is 18.0. The SMILES string of the molecule is Cn1nnc2ccc(C(=O)N3C[C@@H](O)C[C@@H]3c3cccc(F)c3)cc21. The zero-order valence-corrected chi connectivity index (χ0v) is 13.6. The fraction of sp³-hybridized carbons (Fsp3) is 0.278. The minimum absolute atomic E-state index is 0.200. The highest BCUT2D eigenvalue weighted by molar-refractivity contribution is 5.97. The number of β-amino-alcohol motifs (C(OH)–C–C–N with tert-alkyl or cyclic N) is 1. The number of hydrogen-bond donors (Lipinski definition) is 1. The van der Waals surface area contributed by atoms with Crippen molar-refractivity contribution in [2.75, 3.05) is 6.54 Å². The number of nitrogens with zero attached hydrogens (tertiary/aromatic N) is 4. The van der Waals surface area contributed by atoms with Crippen LogP contribution in [0.4, 0.5) is 4.39 Å². The number of halogens is 1. The van der Waals surface area contributed by atoms with Gasteiger partial charge in [0.15, 0.2) is 0 Å². The lowest BCUT2D eigenvalue weighted by molar-refractivity contribution is 0.0715. The predicted molar refractivity (Wildman–Crippen MR) is 89.3 cm³/mol. The normalized spacial score (nSPS) is 20.4. The summed E-state index contributed by atoms with van der Waals surface area (Å²) >= 11 is 0. The first-order chi connectivity index (χ1) is 12.0. The van der Waals surface area contributed by atoms with Gasteiger partial charge in [-0.3, -0.25) is 4.79 Å². The molecule has 0 radical (unpaired) electrons. The van der Waals surface area contributed by atoms with Gasteiger partial charge in [0.05, 0.1) is 17.7 Å². The Labute approximate surface area is 143 Å². The zero-order valence-electron chi connectivity index (χ0n) is 13.6. The second-order valence-electron chi connectivity index (χ2n) is 6.33. The average molecular weight is 340 g/mol. The van der Waals surface area contributed by atoms with Crippen molar-refractivity contribution in [1.82, 2.24) is 19.9 Å². The number of aliphatic hydroxyl groups excluding tert-OH is 1. The monoisotopic (exact) mass is 340 g/mol. The van der Waals surface area contributed by atoms with Gasteiger partial charge >= 0.3 is 0 Å². The minimum atomic E-state index is -0.626. The summed E-state index contributed by atoms with van der Waals surface area (Å²) in [6.07, 6.45) is -0.232. The van der Waals surface area contributed by atoms with E-state index in [2.05, 4.69) is 10.3 Å². The van der Waals surface area contributed by atoms with Crippen LogP contribution in [-0.2, 0) is 7.05 Å². The number of benzene rings is 2. The highest BCUT2D eigenvalue weighted by Crippen LogP contribution is 2.34. The number of aromatic nitrogens is 3. The molecule has 1 aromatic heterocycles. The lowest BCUT2D eigenvalue weighted by atomic mass is 10.0. The van der Waals surface area contributed by atoms with E-state index in [-0.39, 0.29) is 24.3 Å². The van der Waals surface area contributed by atoms with Crippen molar-refractivity contribution < 1.29 is 14.3 Å². The van der Waals surface area contributed by atoms with E-state index < -0.39 is 6.10 Å². The summed E-state index contributed by atoms with van der Waals surface area (Å²) in [5.41, 5.74) is 2.65. The molecule has 0 bridgehead atoms. The van der Waals surface area contributed by atoms with E-state index in [1.165, 1.54) is 12.1 Å². The molecule has 1 aliphatic heterocycles. The van der Waals surface area contributed by atoms with Crippen LogP contribution in [-0.4, -0.2) is 43.6 Å². The van der Waals surface area contributed by atoms with Gasteiger partial charge in [-0.05, 0) is 42.3 Å². The van der Waals surface area contributed by atoms with Gasteiger partial charge < -0.3 is 10.0 Å². The van der Waals surface area contributed by atoms with Crippen molar-refractivity contribution in [3.05, 3.63) is 59.4 Å². The summed E-state index contributed by atoms with van der Waals surface area (Å²) in [4.78, 5) is 14.6. The van der Waals surface area contributed by atoms with Gasteiger partial charge in [0, 0.05) is 19.2 Å². The number of carbonyl (C=O) groups is 1. The molecule has 2 heterocycles. The molecule has 3 aromatic rings. The molecule has 7 heteroatoms. The number of amides is 1. The molecule has 4 rings (SSSR count). The number of carbonyl (C=O) groups excluding carboxylic acids is 1. The lowest BCUT2D eigenvalue weighted by Gasteiger charge is -2.25. The van der Waals surface area contributed by atoms with Crippen molar-refractivity contribution in [1.29, 1.82) is 0 Å². The molecule has 2 atom stereocenters. The largest absolute Gasteiger partial charge is 0.391 e. The molecule has 1 saturated heterocycles. The summed E-state index contributed by atoms with van der Waals surface area (Å²) in [5.74, 6) is -0.553. The van der Waals surface area contributed by atoms with E-state index in [4.69, 9.17) is 0 Å². The molecule has 0 unspecified atom stereocenters. The zero-order chi connectivity index (χ0) is 17.6. The van der Waals surface area contributed by atoms with Gasteiger partial charge in [-0.25, -0.2) is 9.07 Å². The van der Waals surface area contributed by atoms with Crippen molar-refractivity contribution in [2.24, 2.45) is 7.05 Å². The van der Waals surface area contributed by atoms with Crippen LogP contribution < -0.4 is 0 Å². The minimum Gasteiger partial charge on any atom is -0.391 e. The van der Waals surface area contributed by atoms with Crippen LogP contribution in [0.25, 0.3) is 11.0 Å². The molecule has 0 spiro atoms. The van der Waals surface area contributed by atoms with Crippen LogP contribution in [0.5, 0.6) is 0 Å². The van der Waals surface area contributed by atoms with Gasteiger partial charge in [0.1, 0.15) is 11.3 Å². The molecule has 1 aliphatic rings. The van der Waals surface area contributed by atoms with E-state index in [1.54, 1.807) is 47.0 Å². The smallest absolute Gasteiger partial charge is 0.254 e. The Kier molecular flexibility index (Phi) is 3.73. The van der Waals surface area contributed by atoms with Crippen LogP contribution in [0, 0.1) is 5.82 Å². The molecule has 2 aromatic carbocycles. The molecule has 128 valence electrons. The fourth-order valence-electron chi connectivity index (χ4n) is 3.40. The van der Waals surface area contributed by atoms with Crippen LogP contribution >= 0.6 is 0 Å². The highest BCUT2D eigenvalue weighted by Gasteiger charge is 2.36. The Morgan fingerprint density at radius 3 is 2.92 bits per heavy atom. The number of aryl methyl sites for hydroxylation is 1. The second-order valence-corrected chi connectivity index (χ2v) is 6.33. The summed E-state index contributed by atoms with van der Waals surface area (Å²) in [7, 11) is 1.76. The van der Waals surface area contributed by atoms with Crippen molar-refractivity contribution >= 4 is 16.9 Å². The molecule has 1 amide bonds. The van der Waals surface area contributed by atoms with E-state index in [9.17, 15) is 14.3 Å². The first-order valence-electron chi connectivity index (χ1n) is 8.07. The third-order valence-corrected chi connectivity index (χ3v) is 4.63. The molecule has 1 N–H and O–H groups in total. The standard InChI is InChI=1S/C18H17FN4O2/c1-22-17-8-12(5-6-15(17)20-21-22)18(25)23-10-14(24)9-16(23)11-3-2-4-13(19)7-11/h2-8,14,16,24H,9-10H2,1H3/t14-,16+/m0/s1. The fourth-order valence-corrected chi connectivity index (χ4v) is 3.40. The maximum atomic E-state index is 13.6. The van der Waals surface area contributed by atoms with E-state index in [1.807, 2.05) is 0 Å². The van der Waals surface area contributed by atoms with E-state index >= 15 is 0 Å². The van der Waals surface area contributed by atoms with Crippen LogP contribution in [0.1, 0.15) is 28.4 Å². The van der Waals surface area contributed by atoms with Crippen LogP contribution in [0.2, 0.25) is 0 Å². The highest BCUT2D eigenvalue weighted by atomic mass is 19.1. The molecule has 0 aliphatic carbocycles. The first-order valence-corrected chi connectivity index (χ1v) is 8.07. The molecule has 25 heavy (non-hydrogen) atoms. The van der Waals surface area contributed by atoms with Crippen LogP contribution in [0.3, 0.4) is 0 Å². The second kappa shape index (κ2) is 5.93. The average Bonchev–Trinajstić information content (AvgIpc) is 3.17. The number of fused-ring (bicyclic) bond motifs is 1. The Morgan fingerprint density at radius 2 is 2.12 bits per heavy atom. The molecule has 6 nitrogen and oxygen atoms in total. The predicted octanol–water partition coefficient (Wildman–Crippen LogP) is 2.06. The summed E-state index contributed by atoms with van der Waals surface area (Å²) in [6, 6.07) is 11.0. The van der Waals surface area contributed by atoms with E-state index in [0.717, 1.165) is 5.52 Å². The Hall–Kier alpha value is -2.80. The molecular formula is C18H17FN4O2. The number of rotatable bonds is 2. The van der Waals surface area contributed by atoms with Crippen molar-refractivity contribution in [3.8, 4) is 0 Å². The Bertz CT molecular complexity index is 955. The van der Waals surface area contributed by atoms with Gasteiger partial charge in [0.2, 0.25) is 0 Å². The van der Waals surface area contributed by atoms with Crippen LogP contribution in [0.15, 0.2) is 42.5 Å². The molecular weight excluding hydrogens is 323 g/mol. The Balaban J connectivity index is 1.70. The Morgan fingerprint density at radius 1 is 1.28 bits per heavy atom. The topological polar surface area (TPSA) is 71.2 Å². The van der Waals surface area contributed by atoms with Gasteiger partial charge in [0.25, 0.3) is 5.91 Å². The molecule has 0 saturated carbocycles. The quantitative estimate of drug-likeness (QED) is 0.775. The maximum absolute atomic E-state index is 13.6. The number of likely N-dealkylation sites (tertiary alicyclic amines) is 1. The lowest BCUT2D eigenvalue weighted by Crippen LogP contribution is -2.31. The third-order valence-electron chi connectivity index (χ3n) is 4.63. The maximum Gasteiger partial charge on any atom is 0.254 e. The van der Waals surface area contributed by atoms with E-state index in [0.29, 0.717) is 23.1 Å².